The molecule has 0 aliphatic carbocycles. The van der Waals surface area contributed by atoms with Crippen molar-refractivity contribution in [3.8, 4) is 0 Å². The number of nitrogens with two attached hydrogens (primary N) is 1. The molecule has 1 nitrogen and oxygen atoms in total. The van der Waals surface area contributed by atoms with Gasteiger partial charge in [0.1, 0.15) is 5.82 Å². The summed E-state index contributed by atoms with van der Waals surface area (Å²) >= 11 is 1.77. The van der Waals surface area contributed by atoms with Gasteiger partial charge in [-0.1, -0.05) is 0 Å². The summed E-state index contributed by atoms with van der Waals surface area (Å²) in [6, 6.07) is 4.93. The van der Waals surface area contributed by atoms with Crippen LogP contribution in [-0.4, -0.2) is 12.3 Å². The summed E-state index contributed by atoms with van der Waals surface area (Å²) in [7, 11) is 0. The summed E-state index contributed by atoms with van der Waals surface area (Å²) in [6.07, 6.45) is 2.19. The second kappa shape index (κ2) is 6.04. The van der Waals surface area contributed by atoms with Crippen molar-refractivity contribution in [2.75, 3.05) is 12.3 Å². The number of aryl methyl sites for hydroxylation is 1. The van der Waals surface area contributed by atoms with Crippen LogP contribution in [0.1, 0.15) is 18.4 Å². The van der Waals surface area contributed by atoms with Gasteiger partial charge in [0.15, 0.2) is 0 Å². The Labute approximate surface area is 88.9 Å². The molecule has 0 amide bonds. The zero-order valence-electron chi connectivity index (χ0n) is 8.42. The highest BCUT2D eigenvalue weighted by molar-refractivity contribution is 7.99. The van der Waals surface area contributed by atoms with Gasteiger partial charge in [0.25, 0.3) is 0 Å². The third-order valence-corrected chi connectivity index (χ3v) is 3.25. The normalized spacial score (nSPS) is 10.5. The lowest BCUT2D eigenvalue weighted by molar-refractivity contribution is 0.625. The van der Waals surface area contributed by atoms with Crippen LogP contribution in [0.4, 0.5) is 4.39 Å². The second-order valence-electron chi connectivity index (χ2n) is 3.25. The number of hydrogen-bond acceptors (Lipinski definition) is 2. The van der Waals surface area contributed by atoms with Crippen LogP contribution in [0, 0.1) is 12.7 Å². The maximum Gasteiger partial charge on any atom is 0.123 e. The molecular formula is C11H16FNS. The van der Waals surface area contributed by atoms with Crippen molar-refractivity contribution in [2.45, 2.75) is 24.7 Å². The van der Waals surface area contributed by atoms with E-state index < -0.39 is 0 Å². The quantitative estimate of drug-likeness (QED) is 0.601. The van der Waals surface area contributed by atoms with Crippen LogP contribution in [0.3, 0.4) is 0 Å². The van der Waals surface area contributed by atoms with E-state index in [1.807, 2.05) is 13.0 Å². The first-order valence-electron chi connectivity index (χ1n) is 4.83. The summed E-state index contributed by atoms with van der Waals surface area (Å²) in [5, 5.41) is 0. The van der Waals surface area contributed by atoms with Crippen molar-refractivity contribution < 1.29 is 4.39 Å². The number of unbranched alkanes of at least 4 members (excludes halogenated alkanes) is 1. The van der Waals surface area contributed by atoms with Crippen molar-refractivity contribution in [2.24, 2.45) is 5.73 Å². The van der Waals surface area contributed by atoms with Crippen LogP contribution in [0.15, 0.2) is 23.1 Å². The van der Waals surface area contributed by atoms with Gasteiger partial charge < -0.3 is 5.73 Å². The zero-order chi connectivity index (χ0) is 10.4. The standard InChI is InChI=1S/C11H16FNS/c1-9-8-10(12)4-5-11(9)14-7-3-2-6-13/h4-5,8H,2-3,6-7,13H2,1H3. The highest BCUT2D eigenvalue weighted by Crippen LogP contribution is 2.23. The molecule has 0 heterocycles. The fraction of sp³-hybridized carbons (Fsp3) is 0.455. The van der Waals surface area contributed by atoms with Crippen molar-refractivity contribution in [3.05, 3.63) is 29.6 Å². The number of thioether (sulfide) groups is 1. The Kier molecular flexibility index (Phi) is 4.98. The van der Waals surface area contributed by atoms with Gasteiger partial charge in [0, 0.05) is 4.90 Å². The van der Waals surface area contributed by atoms with Gasteiger partial charge in [-0.2, -0.15) is 0 Å². The van der Waals surface area contributed by atoms with Crippen molar-refractivity contribution in [1.29, 1.82) is 0 Å². The monoisotopic (exact) mass is 213 g/mol. The Morgan fingerprint density at radius 1 is 1.36 bits per heavy atom. The summed E-state index contributed by atoms with van der Waals surface area (Å²) in [6.45, 7) is 2.69. The highest BCUT2D eigenvalue weighted by atomic mass is 32.2. The topological polar surface area (TPSA) is 26.0 Å². The number of halogens is 1. The van der Waals surface area contributed by atoms with Gasteiger partial charge in [-0.15, -0.1) is 11.8 Å². The molecule has 0 atom stereocenters. The summed E-state index contributed by atoms with van der Waals surface area (Å²) < 4.78 is 12.8. The molecule has 78 valence electrons. The van der Waals surface area contributed by atoms with Crippen molar-refractivity contribution in [3.63, 3.8) is 0 Å². The van der Waals surface area contributed by atoms with Gasteiger partial charge in [0.2, 0.25) is 0 Å². The molecule has 14 heavy (non-hydrogen) atoms. The average Bonchev–Trinajstić information content (AvgIpc) is 2.15. The lowest BCUT2D eigenvalue weighted by Gasteiger charge is -2.04. The molecule has 0 fully saturated rings. The lowest BCUT2D eigenvalue weighted by atomic mass is 10.2. The zero-order valence-corrected chi connectivity index (χ0v) is 9.24. The third-order valence-electron chi connectivity index (χ3n) is 1.99. The molecule has 0 unspecified atom stereocenters. The maximum atomic E-state index is 12.8. The number of rotatable bonds is 5. The summed E-state index contributed by atoms with van der Waals surface area (Å²) in [5.41, 5.74) is 6.42. The molecule has 3 heteroatoms. The second-order valence-corrected chi connectivity index (χ2v) is 4.39. The molecule has 0 saturated carbocycles. The molecule has 1 aromatic rings. The Balaban J connectivity index is 2.42. The fourth-order valence-electron chi connectivity index (χ4n) is 1.20. The Morgan fingerprint density at radius 2 is 2.14 bits per heavy atom. The van der Waals surface area contributed by atoms with Crippen LogP contribution >= 0.6 is 11.8 Å². The van der Waals surface area contributed by atoms with Crippen LogP contribution in [0.2, 0.25) is 0 Å². The van der Waals surface area contributed by atoms with Gasteiger partial charge in [-0.05, 0) is 55.8 Å². The van der Waals surface area contributed by atoms with E-state index in [2.05, 4.69) is 0 Å². The van der Waals surface area contributed by atoms with Crippen LogP contribution < -0.4 is 5.73 Å². The van der Waals surface area contributed by atoms with E-state index in [1.54, 1.807) is 17.8 Å². The molecule has 0 aliphatic heterocycles. The molecule has 0 aromatic heterocycles. The first-order chi connectivity index (χ1) is 6.74. The SMILES string of the molecule is Cc1cc(F)ccc1SCCCCN. The summed E-state index contributed by atoms with van der Waals surface area (Å²) in [4.78, 5) is 1.17. The molecule has 2 N–H and O–H groups in total. The largest absolute Gasteiger partial charge is 0.330 e. The molecule has 1 aromatic carbocycles. The first-order valence-corrected chi connectivity index (χ1v) is 5.81. The van der Waals surface area contributed by atoms with Crippen LogP contribution in [0.25, 0.3) is 0 Å². The van der Waals surface area contributed by atoms with E-state index in [0.29, 0.717) is 0 Å². The van der Waals surface area contributed by atoms with Gasteiger partial charge >= 0.3 is 0 Å². The first kappa shape index (κ1) is 11.5. The Bertz CT molecular complexity index is 289. The van der Waals surface area contributed by atoms with E-state index in [-0.39, 0.29) is 5.82 Å². The molecule has 0 saturated heterocycles. The number of hydrogen-bond donors (Lipinski definition) is 1. The molecule has 0 bridgehead atoms. The van der Waals surface area contributed by atoms with Crippen molar-refractivity contribution >= 4 is 11.8 Å². The minimum atomic E-state index is -0.159. The fourth-order valence-corrected chi connectivity index (χ4v) is 2.22. The average molecular weight is 213 g/mol. The molecule has 0 aliphatic rings. The van der Waals surface area contributed by atoms with Crippen LogP contribution in [-0.2, 0) is 0 Å². The van der Waals surface area contributed by atoms with E-state index >= 15 is 0 Å². The third kappa shape index (κ3) is 3.68. The molecule has 0 radical (unpaired) electrons. The number of benzene rings is 1. The van der Waals surface area contributed by atoms with Gasteiger partial charge in [-0.3, -0.25) is 0 Å². The molecular weight excluding hydrogens is 197 g/mol. The maximum absolute atomic E-state index is 12.8. The lowest BCUT2D eigenvalue weighted by Crippen LogP contribution is -1.98. The van der Waals surface area contributed by atoms with E-state index in [0.717, 1.165) is 30.7 Å². The Hall–Kier alpha value is -0.540. The predicted octanol–water partition coefficient (Wildman–Crippen LogP) is 2.97. The van der Waals surface area contributed by atoms with E-state index in [9.17, 15) is 4.39 Å². The van der Waals surface area contributed by atoms with Gasteiger partial charge in [0.05, 0.1) is 0 Å². The van der Waals surface area contributed by atoms with E-state index in [4.69, 9.17) is 5.73 Å². The molecule has 0 spiro atoms. The highest BCUT2D eigenvalue weighted by Gasteiger charge is 1.99. The Morgan fingerprint density at radius 3 is 2.79 bits per heavy atom. The van der Waals surface area contributed by atoms with Gasteiger partial charge in [-0.25, -0.2) is 4.39 Å². The predicted molar refractivity (Wildman–Crippen MR) is 60.1 cm³/mol. The summed E-state index contributed by atoms with van der Waals surface area (Å²) in [5.74, 6) is 0.901. The minimum absolute atomic E-state index is 0.159. The smallest absolute Gasteiger partial charge is 0.123 e. The minimum Gasteiger partial charge on any atom is -0.330 e. The molecule has 1 rings (SSSR count). The van der Waals surface area contributed by atoms with Crippen molar-refractivity contribution in [1.82, 2.24) is 0 Å². The van der Waals surface area contributed by atoms with E-state index in [1.165, 1.54) is 11.0 Å². The van der Waals surface area contributed by atoms with Crippen LogP contribution in [0.5, 0.6) is 0 Å².